The van der Waals surface area contributed by atoms with E-state index in [0.717, 1.165) is 12.5 Å². The zero-order valence-electron chi connectivity index (χ0n) is 10.2. The van der Waals surface area contributed by atoms with E-state index in [2.05, 4.69) is 0 Å². The molecule has 0 aliphatic carbocycles. The fourth-order valence-corrected chi connectivity index (χ4v) is 3.13. The molecule has 1 N–H and O–H groups in total. The van der Waals surface area contributed by atoms with Crippen LogP contribution in [0.3, 0.4) is 0 Å². The van der Waals surface area contributed by atoms with Crippen molar-refractivity contribution in [2.75, 3.05) is 6.61 Å². The van der Waals surface area contributed by atoms with Crippen LogP contribution in [0, 0.1) is 10.1 Å². The van der Waals surface area contributed by atoms with Gasteiger partial charge in [-0.25, -0.2) is 4.79 Å². The highest BCUT2D eigenvalue weighted by molar-refractivity contribution is 8.00. The Morgan fingerprint density at radius 1 is 1.58 bits per heavy atom. The molecule has 2 rings (SSSR count). The van der Waals surface area contributed by atoms with E-state index in [1.165, 1.54) is 23.9 Å². The first-order valence-corrected chi connectivity index (χ1v) is 6.67. The number of aromatic carboxylic acids is 1. The number of hydrogen-bond donors (Lipinski definition) is 1. The minimum atomic E-state index is -1.17. The fourth-order valence-electron chi connectivity index (χ4n) is 1.92. The molecule has 1 fully saturated rings. The normalized spacial score (nSPS) is 22.4. The van der Waals surface area contributed by atoms with Crippen molar-refractivity contribution in [3.8, 4) is 0 Å². The molecule has 1 aliphatic heterocycles. The molecule has 1 aromatic rings. The van der Waals surface area contributed by atoms with Gasteiger partial charge in [0, 0.05) is 17.9 Å². The number of benzene rings is 1. The SMILES string of the molecule is CC1OCCC1Sc1ccc(C(=O)O)cc1[N+](=O)[O-]. The van der Waals surface area contributed by atoms with Crippen molar-refractivity contribution in [1.82, 2.24) is 0 Å². The smallest absolute Gasteiger partial charge is 0.335 e. The molecule has 102 valence electrons. The van der Waals surface area contributed by atoms with Gasteiger partial charge in [-0.05, 0) is 25.5 Å². The van der Waals surface area contributed by atoms with Gasteiger partial charge < -0.3 is 9.84 Å². The Kier molecular flexibility index (Phi) is 4.06. The first-order chi connectivity index (χ1) is 8.99. The third-order valence-corrected chi connectivity index (χ3v) is 4.51. The van der Waals surface area contributed by atoms with Crippen molar-refractivity contribution >= 4 is 23.4 Å². The summed E-state index contributed by atoms with van der Waals surface area (Å²) < 4.78 is 5.42. The first kappa shape index (κ1) is 13.8. The number of nitro groups is 1. The number of carboxylic acid groups (broad SMARTS) is 1. The van der Waals surface area contributed by atoms with E-state index in [-0.39, 0.29) is 22.6 Å². The first-order valence-electron chi connectivity index (χ1n) is 5.79. The van der Waals surface area contributed by atoms with Crippen molar-refractivity contribution in [2.45, 2.75) is 29.6 Å². The number of carbonyl (C=O) groups is 1. The molecule has 19 heavy (non-hydrogen) atoms. The number of rotatable bonds is 4. The molecule has 2 unspecified atom stereocenters. The predicted octanol–water partition coefficient (Wildman–Crippen LogP) is 2.56. The van der Waals surface area contributed by atoms with Crippen LogP contribution < -0.4 is 0 Å². The van der Waals surface area contributed by atoms with E-state index in [0.29, 0.717) is 11.5 Å². The van der Waals surface area contributed by atoms with Crippen molar-refractivity contribution < 1.29 is 19.6 Å². The molecule has 0 aromatic heterocycles. The zero-order chi connectivity index (χ0) is 14.0. The second-order valence-corrected chi connectivity index (χ2v) is 5.55. The Bertz CT molecular complexity index is 519. The molecule has 0 amide bonds. The average Bonchev–Trinajstić information content (AvgIpc) is 2.75. The minimum absolute atomic E-state index is 0.0451. The third kappa shape index (κ3) is 3.05. The van der Waals surface area contributed by atoms with E-state index in [4.69, 9.17) is 9.84 Å². The van der Waals surface area contributed by atoms with Crippen LogP contribution in [0.1, 0.15) is 23.7 Å². The fraction of sp³-hybridized carbons (Fsp3) is 0.417. The molecule has 0 radical (unpaired) electrons. The van der Waals surface area contributed by atoms with E-state index in [9.17, 15) is 14.9 Å². The number of ether oxygens (including phenoxy) is 1. The van der Waals surface area contributed by atoms with Gasteiger partial charge in [0.1, 0.15) is 0 Å². The summed E-state index contributed by atoms with van der Waals surface area (Å²) in [6.07, 6.45) is 0.882. The van der Waals surface area contributed by atoms with Gasteiger partial charge in [-0.1, -0.05) is 0 Å². The van der Waals surface area contributed by atoms with Crippen molar-refractivity contribution in [2.24, 2.45) is 0 Å². The lowest BCUT2D eigenvalue weighted by Crippen LogP contribution is -2.13. The highest BCUT2D eigenvalue weighted by Gasteiger charge is 2.28. The van der Waals surface area contributed by atoms with Gasteiger partial charge in [0.25, 0.3) is 5.69 Å². The molecule has 1 saturated heterocycles. The summed E-state index contributed by atoms with van der Waals surface area (Å²) in [5.41, 5.74) is -0.240. The Balaban J connectivity index is 2.29. The van der Waals surface area contributed by atoms with Crippen LogP contribution in [0.25, 0.3) is 0 Å². The number of carboxylic acids is 1. The molecule has 1 aromatic carbocycles. The molecule has 1 aliphatic rings. The van der Waals surface area contributed by atoms with E-state index < -0.39 is 10.9 Å². The molecule has 1 heterocycles. The quantitative estimate of drug-likeness (QED) is 0.674. The maximum absolute atomic E-state index is 11.0. The molecule has 7 heteroatoms. The Labute approximate surface area is 113 Å². The highest BCUT2D eigenvalue weighted by atomic mass is 32.2. The van der Waals surface area contributed by atoms with Crippen molar-refractivity contribution in [3.63, 3.8) is 0 Å². The average molecular weight is 283 g/mol. The molecule has 0 spiro atoms. The maximum atomic E-state index is 11.0. The summed E-state index contributed by atoms with van der Waals surface area (Å²) in [5.74, 6) is -1.17. The Hall–Kier alpha value is -1.60. The molecule has 6 nitrogen and oxygen atoms in total. The van der Waals surface area contributed by atoms with Gasteiger partial charge in [0.05, 0.1) is 21.5 Å². The van der Waals surface area contributed by atoms with Crippen LogP contribution in [0.5, 0.6) is 0 Å². The third-order valence-electron chi connectivity index (χ3n) is 2.99. The van der Waals surface area contributed by atoms with E-state index >= 15 is 0 Å². The monoisotopic (exact) mass is 283 g/mol. The van der Waals surface area contributed by atoms with Crippen molar-refractivity contribution in [1.29, 1.82) is 0 Å². The standard InChI is InChI=1S/C12H13NO5S/c1-7-10(4-5-18-7)19-11-3-2-8(12(14)15)6-9(11)13(16)17/h2-3,6-7,10H,4-5H2,1H3,(H,14,15). The molecular formula is C12H13NO5S. The minimum Gasteiger partial charge on any atom is -0.478 e. The molecule has 0 bridgehead atoms. The van der Waals surface area contributed by atoms with E-state index in [1.807, 2.05) is 6.92 Å². The summed E-state index contributed by atoms with van der Waals surface area (Å²) in [6, 6.07) is 3.99. The Morgan fingerprint density at radius 2 is 2.32 bits per heavy atom. The topological polar surface area (TPSA) is 89.7 Å². The van der Waals surface area contributed by atoms with Gasteiger partial charge >= 0.3 is 5.97 Å². The summed E-state index contributed by atoms with van der Waals surface area (Å²) in [7, 11) is 0. The lowest BCUT2D eigenvalue weighted by Gasteiger charge is -2.13. The number of nitro benzene ring substituents is 1. The Morgan fingerprint density at radius 3 is 2.84 bits per heavy atom. The second kappa shape index (κ2) is 5.58. The van der Waals surface area contributed by atoms with Gasteiger partial charge in [-0.2, -0.15) is 0 Å². The summed E-state index contributed by atoms with van der Waals surface area (Å²) in [5, 5.41) is 20.0. The number of hydrogen-bond acceptors (Lipinski definition) is 5. The van der Waals surface area contributed by atoms with Crippen LogP contribution in [0.2, 0.25) is 0 Å². The van der Waals surface area contributed by atoms with Gasteiger partial charge in [0.2, 0.25) is 0 Å². The van der Waals surface area contributed by atoms with Crippen LogP contribution in [-0.2, 0) is 4.74 Å². The lowest BCUT2D eigenvalue weighted by atomic mass is 10.2. The summed E-state index contributed by atoms with van der Waals surface area (Å²) in [4.78, 5) is 21.8. The van der Waals surface area contributed by atoms with Crippen LogP contribution in [0.15, 0.2) is 23.1 Å². The number of thioether (sulfide) groups is 1. The molecule has 0 saturated carbocycles. The largest absolute Gasteiger partial charge is 0.478 e. The van der Waals surface area contributed by atoms with Crippen molar-refractivity contribution in [3.05, 3.63) is 33.9 Å². The van der Waals surface area contributed by atoms with Crippen LogP contribution in [0.4, 0.5) is 5.69 Å². The van der Waals surface area contributed by atoms with Gasteiger partial charge in [0.15, 0.2) is 0 Å². The zero-order valence-corrected chi connectivity index (χ0v) is 11.1. The number of nitrogens with zero attached hydrogens (tertiary/aromatic N) is 1. The molecular weight excluding hydrogens is 270 g/mol. The van der Waals surface area contributed by atoms with Crippen LogP contribution in [-0.4, -0.2) is 34.0 Å². The van der Waals surface area contributed by atoms with Crippen LogP contribution >= 0.6 is 11.8 Å². The molecule has 2 atom stereocenters. The summed E-state index contributed by atoms with van der Waals surface area (Å²) >= 11 is 1.38. The van der Waals surface area contributed by atoms with Gasteiger partial charge in [-0.3, -0.25) is 10.1 Å². The highest BCUT2D eigenvalue weighted by Crippen LogP contribution is 2.37. The van der Waals surface area contributed by atoms with E-state index in [1.54, 1.807) is 0 Å². The maximum Gasteiger partial charge on any atom is 0.335 e. The predicted molar refractivity (Wildman–Crippen MR) is 69.7 cm³/mol. The second-order valence-electron chi connectivity index (χ2n) is 4.27. The lowest BCUT2D eigenvalue weighted by molar-refractivity contribution is -0.387. The van der Waals surface area contributed by atoms with Gasteiger partial charge in [-0.15, -0.1) is 11.8 Å². The summed E-state index contributed by atoms with van der Waals surface area (Å²) in [6.45, 7) is 2.59.